The Hall–Kier alpha value is -2.24. The number of hydrogen-bond acceptors (Lipinski definition) is 3. The number of ether oxygens (including phenoxy) is 1. The van der Waals surface area contributed by atoms with E-state index in [1.54, 1.807) is 12.0 Å². The normalized spacial score (nSPS) is 18.9. The first-order chi connectivity index (χ1) is 15.2. The van der Waals surface area contributed by atoms with Gasteiger partial charge in [0, 0.05) is 35.3 Å². The molecule has 0 atom stereocenters. The number of nitrogens with zero attached hydrogens (tertiary/aromatic N) is 1. The van der Waals surface area contributed by atoms with Crippen LogP contribution in [0.25, 0.3) is 11.1 Å². The molecule has 1 amide bonds. The Bertz CT molecular complexity index is 900. The number of halogens is 1. The summed E-state index contributed by atoms with van der Waals surface area (Å²) in [5, 5.41) is 14.0. The summed E-state index contributed by atoms with van der Waals surface area (Å²) in [4.78, 5) is 13.2. The fourth-order valence-electron chi connectivity index (χ4n) is 4.44. The Balaban J connectivity index is 1.58. The maximum absolute atomic E-state index is 11.6. The minimum Gasteiger partial charge on any atom is -0.496 e. The van der Waals surface area contributed by atoms with Crippen LogP contribution in [0.15, 0.2) is 42.5 Å². The van der Waals surface area contributed by atoms with E-state index < -0.39 is 6.09 Å². The Kier molecular flexibility index (Phi) is 8.07. The number of carbonyl (C=O) groups is 1. The first-order valence-electron chi connectivity index (χ1n) is 11.3. The van der Waals surface area contributed by atoms with Gasteiger partial charge in [0.1, 0.15) is 5.75 Å². The average molecular weight is 459 g/mol. The van der Waals surface area contributed by atoms with Crippen LogP contribution in [0.4, 0.5) is 4.79 Å². The average Bonchev–Trinajstić information content (AvgIpc) is 2.76. The molecule has 0 heterocycles. The van der Waals surface area contributed by atoms with E-state index in [9.17, 15) is 9.90 Å². The summed E-state index contributed by atoms with van der Waals surface area (Å²) in [6, 6.07) is 14.6. The zero-order chi connectivity index (χ0) is 23.3. The van der Waals surface area contributed by atoms with Crippen molar-refractivity contribution in [2.45, 2.75) is 64.6 Å². The molecule has 5 nitrogen and oxygen atoms in total. The number of nitrogens with one attached hydrogen (secondary N) is 1. The maximum Gasteiger partial charge on any atom is 0.407 e. The molecule has 2 aromatic carbocycles. The van der Waals surface area contributed by atoms with Crippen molar-refractivity contribution >= 4 is 17.7 Å². The second-order valence-corrected chi connectivity index (χ2v) is 10.1. The minimum absolute atomic E-state index is 0.368. The van der Waals surface area contributed by atoms with Crippen molar-refractivity contribution in [1.29, 1.82) is 0 Å². The van der Waals surface area contributed by atoms with E-state index in [0.29, 0.717) is 18.5 Å². The smallest absolute Gasteiger partial charge is 0.407 e. The third-order valence-corrected chi connectivity index (χ3v) is 6.62. The third-order valence-electron chi connectivity index (χ3n) is 6.37. The highest BCUT2D eigenvalue weighted by molar-refractivity contribution is 6.30. The fourth-order valence-corrected chi connectivity index (χ4v) is 4.57. The second-order valence-electron chi connectivity index (χ2n) is 9.70. The van der Waals surface area contributed by atoms with E-state index in [4.69, 9.17) is 16.3 Å². The van der Waals surface area contributed by atoms with Crippen LogP contribution in [0.1, 0.15) is 52.0 Å². The van der Waals surface area contributed by atoms with E-state index in [1.165, 1.54) is 0 Å². The van der Waals surface area contributed by atoms with Crippen LogP contribution in [0.5, 0.6) is 5.75 Å². The fraction of sp³-hybridized carbons (Fsp3) is 0.500. The van der Waals surface area contributed by atoms with Gasteiger partial charge >= 0.3 is 6.09 Å². The van der Waals surface area contributed by atoms with Crippen molar-refractivity contribution in [2.75, 3.05) is 13.7 Å². The lowest BCUT2D eigenvalue weighted by molar-refractivity contribution is 0.0812. The molecular formula is C26H35ClN2O3. The van der Waals surface area contributed by atoms with Gasteiger partial charge in [-0.05, 0) is 87.8 Å². The van der Waals surface area contributed by atoms with Crippen molar-refractivity contribution in [3.63, 3.8) is 0 Å². The van der Waals surface area contributed by atoms with Gasteiger partial charge in [-0.25, -0.2) is 4.79 Å². The van der Waals surface area contributed by atoms with Gasteiger partial charge in [0.15, 0.2) is 0 Å². The largest absolute Gasteiger partial charge is 0.496 e. The van der Waals surface area contributed by atoms with Gasteiger partial charge in [-0.15, -0.1) is 0 Å². The van der Waals surface area contributed by atoms with Gasteiger partial charge < -0.3 is 20.1 Å². The second kappa shape index (κ2) is 10.6. The molecule has 1 fully saturated rings. The van der Waals surface area contributed by atoms with Gasteiger partial charge in [0.25, 0.3) is 0 Å². The molecule has 0 aromatic heterocycles. The van der Waals surface area contributed by atoms with Gasteiger partial charge in [0.05, 0.1) is 7.11 Å². The predicted octanol–water partition coefficient (Wildman–Crippen LogP) is 6.44. The van der Waals surface area contributed by atoms with Crippen LogP contribution in [-0.2, 0) is 6.54 Å². The summed E-state index contributed by atoms with van der Waals surface area (Å²) in [5.41, 5.74) is 3.03. The van der Waals surface area contributed by atoms with Crippen LogP contribution < -0.4 is 10.1 Å². The number of amides is 1. The van der Waals surface area contributed by atoms with Gasteiger partial charge in [-0.3, -0.25) is 0 Å². The number of rotatable bonds is 7. The molecule has 1 aliphatic rings. The Morgan fingerprint density at radius 3 is 2.28 bits per heavy atom. The molecular weight excluding hydrogens is 424 g/mol. The molecule has 32 heavy (non-hydrogen) atoms. The number of methoxy groups -OCH3 is 1. The highest BCUT2D eigenvalue weighted by Crippen LogP contribution is 2.30. The summed E-state index contributed by atoms with van der Waals surface area (Å²) in [5.74, 6) is 1.30. The Labute approximate surface area is 196 Å². The van der Waals surface area contributed by atoms with Crippen molar-refractivity contribution in [1.82, 2.24) is 10.2 Å². The van der Waals surface area contributed by atoms with E-state index in [1.807, 2.05) is 51.1 Å². The van der Waals surface area contributed by atoms with Gasteiger partial charge in [-0.1, -0.05) is 29.8 Å². The van der Waals surface area contributed by atoms with Crippen LogP contribution >= 0.6 is 11.6 Å². The summed E-state index contributed by atoms with van der Waals surface area (Å²) < 4.78 is 5.59. The molecule has 2 aromatic rings. The van der Waals surface area contributed by atoms with Crippen molar-refractivity contribution in [3.05, 3.63) is 53.1 Å². The highest BCUT2D eigenvalue weighted by Gasteiger charge is 2.30. The van der Waals surface area contributed by atoms with Crippen molar-refractivity contribution < 1.29 is 14.6 Å². The lowest BCUT2D eigenvalue weighted by Crippen LogP contribution is -2.48. The molecule has 1 aliphatic carbocycles. The number of hydrogen-bond donors (Lipinski definition) is 2. The molecule has 0 unspecified atom stereocenters. The molecule has 0 radical (unpaired) electrons. The van der Waals surface area contributed by atoms with E-state index in [-0.39, 0.29) is 5.54 Å². The molecule has 0 spiro atoms. The van der Waals surface area contributed by atoms with E-state index in [2.05, 4.69) is 17.4 Å². The first-order valence-corrected chi connectivity index (χ1v) is 11.7. The Morgan fingerprint density at radius 2 is 1.72 bits per heavy atom. The SMILES string of the molecule is COc1ccc(-c2ccc(Cl)cc2)cc1CNC1CCC(CN(C(=O)O)C(C)(C)C)CC1. The van der Waals surface area contributed by atoms with Crippen LogP contribution in [0, 0.1) is 5.92 Å². The van der Waals surface area contributed by atoms with E-state index >= 15 is 0 Å². The molecule has 0 bridgehead atoms. The Morgan fingerprint density at radius 1 is 1.09 bits per heavy atom. The monoisotopic (exact) mass is 458 g/mol. The molecule has 0 aliphatic heterocycles. The number of benzene rings is 2. The molecule has 0 saturated heterocycles. The third kappa shape index (κ3) is 6.39. The zero-order valence-electron chi connectivity index (χ0n) is 19.5. The topological polar surface area (TPSA) is 61.8 Å². The first kappa shape index (κ1) is 24.4. The molecule has 6 heteroatoms. The zero-order valence-corrected chi connectivity index (χ0v) is 20.3. The maximum atomic E-state index is 11.6. The van der Waals surface area contributed by atoms with Crippen molar-refractivity contribution in [2.24, 2.45) is 5.92 Å². The highest BCUT2D eigenvalue weighted by atomic mass is 35.5. The molecule has 174 valence electrons. The summed E-state index contributed by atoms with van der Waals surface area (Å²) in [7, 11) is 1.70. The van der Waals surface area contributed by atoms with Gasteiger partial charge in [-0.2, -0.15) is 0 Å². The summed E-state index contributed by atoms with van der Waals surface area (Å²) in [6.07, 6.45) is 3.37. The van der Waals surface area contributed by atoms with Crippen molar-refractivity contribution in [3.8, 4) is 16.9 Å². The molecule has 1 saturated carbocycles. The van der Waals surface area contributed by atoms with Gasteiger partial charge in [0.2, 0.25) is 0 Å². The molecule has 2 N–H and O–H groups in total. The summed E-state index contributed by atoms with van der Waals surface area (Å²) >= 11 is 6.03. The number of carboxylic acid groups (broad SMARTS) is 1. The summed E-state index contributed by atoms with van der Waals surface area (Å²) in [6.45, 7) is 7.23. The van der Waals surface area contributed by atoms with Crippen LogP contribution in [-0.4, -0.2) is 41.3 Å². The lowest BCUT2D eigenvalue weighted by Gasteiger charge is -2.38. The predicted molar refractivity (Wildman–Crippen MR) is 131 cm³/mol. The van der Waals surface area contributed by atoms with Crippen LogP contribution in [0.2, 0.25) is 5.02 Å². The van der Waals surface area contributed by atoms with E-state index in [0.717, 1.165) is 59.7 Å². The minimum atomic E-state index is -0.828. The van der Waals surface area contributed by atoms with Crippen LogP contribution in [0.3, 0.4) is 0 Å². The quantitative estimate of drug-likeness (QED) is 0.501. The lowest BCUT2D eigenvalue weighted by atomic mass is 9.85. The molecule has 3 rings (SSSR count). The standard InChI is InChI=1S/C26H35ClN2O3/c1-26(2,3)29(25(30)31)17-18-5-12-23(13-6-18)28-16-21-15-20(9-14-24(21)32-4)19-7-10-22(27)11-8-19/h7-11,14-15,18,23,28H,5-6,12-13,16-17H2,1-4H3,(H,30,31).